The van der Waals surface area contributed by atoms with Crippen molar-refractivity contribution in [1.29, 1.82) is 0 Å². The lowest BCUT2D eigenvalue weighted by Gasteiger charge is -2.24. The molecule has 0 saturated heterocycles. The van der Waals surface area contributed by atoms with Gasteiger partial charge in [-0.1, -0.05) is 41.4 Å². The van der Waals surface area contributed by atoms with Gasteiger partial charge in [0.1, 0.15) is 5.75 Å². The van der Waals surface area contributed by atoms with Crippen LogP contribution in [0.5, 0.6) is 5.75 Å². The fourth-order valence-corrected chi connectivity index (χ4v) is 3.72. The third-order valence-electron chi connectivity index (χ3n) is 3.28. The number of Topliss-reactive ketones (excluding diaryl/α,β-unsaturated/α-hetero) is 1. The van der Waals surface area contributed by atoms with Crippen molar-refractivity contribution < 1.29 is 9.53 Å². The van der Waals surface area contributed by atoms with Crippen molar-refractivity contribution in [1.82, 2.24) is 0 Å². The predicted octanol–water partition coefficient (Wildman–Crippen LogP) is 4.66. The van der Waals surface area contributed by atoms with Gasteiger partial charge >= 0.3 is 0 Å². The number of fused-ring (bicyclic) bond motifs is 1. The van der Waals surface area contributed by atoms with Crippen LogP contribution in [0, 0.1) is 0 Å². The Labute approximate surface area is 137 Å². The summed E-state index contributed by atoms with van der Waals surface area (Å²) in [5, 5.41) is 1.03. The summed E-state index contributed by atoms with van der Waals surface area (Å²) in [7, 11) is 0. The van der Waals surface area contributed by atoms with E-state index in [1.165, 1.54) is 0 Å². The van der Waals surface area contributed by atoms with Crippen LogP contribution in [0.1, 0.15) is 5.56 Å². The first kappa shape index (κ1) is 14.8. The lowest BCUT2D eigenvalue weighted by atomic mass is 10.1. The number of carbonyl (C=O) groups excluding carboxylic acids is 1. The Hall–Kier alpha value is -1.16. The third kappa shape index (κ3) is 3.20. The molecule has 108 valence electrons. The maximum atomic E-state index is 12.4. The molecule has 1 heterocycles. The molecule has 0 bridgehead atoms. The molecule has 0 spiro atoms. The summed E-state index contributed by atoms with van der Waals surface area (Å²) in [4.78, 5) is 13.5. The van der Waals surface area contributed by atoms with Gasteiger partial charge in [0.2, 0.25) is 0 Å². The largest absolute Gasteiger partial charge is 0.481 e. The Kier molecular flexibility index (Phi) is 4.43. The molecule has 21 heavy (non-hydrogen) atoms. The molecule has 0 fully saturated rings. The van der Waals surface area contributed by atoms with E-state index in [1.807, 2.05) is 24.3 Å². The van der Waals surface area contributed by atoms with Gasteiger partial charge in [-0.2, -0.15) is 0 Å². The average Bonchev–Trinajstić information content (AvgIpc) is 2.50. The molecule has 1 aliphatic heterocycles. The maximum Gasteiger partial charge on any atom is 0.178 e. The molecule has 0 amide bonds. The number of rotatable bonds is 3. The number of carbonyl (C=O) groups is 1. The van der Waals surface area contributed by atoms with Gasteiger partial charge in [0.05, 0.1) is 0 Å². The van der Waals surface area contributed by atoms with Gasteiger partial charge in [-0.3, -0.25) is 4.79 Å². The highest BCUT2D eigenvalue weighted by Crippen LogP contribution is 2.35. The smallest absolute Gasteiger partial charge is 0.178 e. The molecule has 5 heteroatoms. The van der Waals surface area contributed by atoms with Crippen LogP contribution in [0.4, 0.5) is 0 Å². The normalized spacial score (nSPS) is 17.0. The summed E-state index contributed by atoms with van der Waals surface area (Å²) in [6, 6.07) is 13.0. The Morgan fingerprint density at radius 2 is 1.86 bits per heavy atom. The lowest BCUT2D eigenvalue weighted by molar-refractivity contribution is -0.124. The zero-order valence-corrected chi connectivity index (χ0v) is 13.3. The van der Waals surface area contributed by atoms with E-state index in [9.17, 15) is 4.79 Å². The molecule has 0 N–H and O–H groups in total. The van der Waals surface area contributed by atoms with Gasteiger partial charge in [-0.05, 0) is 29.8 Å². The summed E-state index contributed by atoms with van der Waals surface area (Å²) in [5.41, 5.74) is 0.665. The van der Waals surface area contributed by atoms with Crippen molar-refractivity contribution in [3.05, 3.63) is 58.1 Å². The van der Waals surface area contributed by atoms with Crippen LogP contribution in [-0.4, -0.2) is 17.6 Å². The molecule has 3 rings (SSSR count). The van der Waals surface area contributed by atoms with Crippen LogP contribution in [0.15, 0.2) is 47.4 Å². The molecule has 0 aliphatic carbocycles. The highest BCUT2D eigenvalue weighted by Gasteiger charge is 2.27. The van der Waals surface area contributed by atoms with Gasteiger partial charge < -0.3 is 4.74 Å². The number of thioether (sulfide) groups is 1. The summed E-state index contributed by atoms with van der Waals surface area (Å²) in [6.45, 7) is 0. The molecule has 1 unspecified atom stereocenters. The zero-order chi connectivity index (χ0) is 14.8. The van der Waals surface area contributed by atoms with Crippen LogP contribution in [0.2, 0.25) is 10.0 Å². The Morgan fingerprint density at radius 3 is 2.62 bits per heavy atom. The second-order valence-corrected chi connectivity index (χ2v) is 6.58. The van der Waals surface area contributed by atoms with Crippen molar-refractivity contribution in [3.63, 3.8) is 0 Å². The van der Waals surface area contributed by atoms with E-state index in [4.69, 9.17) is 27.9 Å². The van der Waals surface area contributed by atoms with E-state index < -0.39 is 6.10 Å². The average molecular weight is 339 g/mol. The van der Waals surface area contributed by atoms with Crippen LogP contribution >= 0.6 is 35.0 Å². The summed E-state index contributed by atoms with van der Waals surface area (Å²) in [6.07, 6.45) is -0.274. The van der Waals surface area contributed by atoms with Crippen molar-refractivity contribution in [2.45, 2.75) is 17.4 Å². The quantitative estimate of drug-likeness (QED) is 0.814. The monoisotopic (exact) mass is 338 g/mol. The van der Waals surface area contributed by atoms with E-state index in [-0.39, 0.29) is 12.2 Å². The Balaban J connectivity index is 1.76. The SMILES string of the molecule is O=C(Cc1c(Cl)cccc1Cl)C1CSc2ccccc2O1. The summed E-state index contributed by atoms with van der Waals surface area (Å²) in [5.74, 6) is 1.36. The molecule has 0 aromatic heterocycles. The molecular weight excluding hydrogens is 327 g/mol. The molecule has 0 radical (unpaired) electrons. The van der Waals surface area contributed by atoms with Crippen molar-refractivity contribution in [3.8, 4) is 5.75 Å². The molecule has 2 nitrogen and oxygen atoms in total. The molecule has 2 aromatic rings. The number of hydrogen-bond donors (Lipinski definition) is 0. The first-order valence-corrected chi connectivity index (χ1v) is 8.23. The number of para-hydroxylation sites is 1. The van der Waals surface area contributed by atoms with E-state index in [2.05, 4.69) is 0 Å². The molecule has 0 saturated carbocycles. The van der Waals surface area contributed by atoms with E-state index >= 15 is 0 Å². The number of hydrogen-bond acceptors (Lipinski definition) is 3. The zero-order valence-electron chi connectivity index (χ0n) is 11.0. The topological polar surface area (TPSA) is 26.3 Å². The first-order chi connectivity index (χ1) is 10.1. The molecule has 2 aromatic carbocycles. The van der Waals surface area contributed by atoms with Gasteiger partial charge in [0.15, 0.2) is 11.9 Å². The Bertz CT molecular complexity index is 667. The minimum Gasteiger partial charge on any atom is -0.481 e. The first-order valence-electron chi connectivity index (χ1n) is 6.49. The number of ketones is 1. The van der Waals surface area contributed by atoms with E-state index in [0.717, 1.165) is 10.6 Å². The fraction of sp³-hybridized carbons (Fsp3) is 0.188. The van der Waals surface area contributed by atoms with Gasteiger partial charge in [0.25, 0.3) is 0 Å². The van der Waals surface area contributed by atoms with E-state index in [1.54, 1.807) is 30.0 Å². The number of benzene rings is 2. The summed E-state index contributed by atoms with van der Waals surface area (Å²) < 4.78 is 5.79. The van der Waals surface area contributed by atoms with Gasteiger partial charge in [-0.25, -0.2) is 0 Å². The lowest BCUT2D eigenvalue weighted by Crippen LogP contribution is -2.33. The number of halogens is 2. The molecule has 1 aliphatic rings. The van der Waals surface area contributed by atoms with Crippen molar-refractivity contribution in [2.24, 2.45) is 0 Å². The van der Waals surface area contributed by atoms with Gasteiger partial charge in [-0.15, -0.1) is 11.8 Å². The fourth-order valence-electron chi connectivity index (χ4n) is 2.17. The summed E-state index contributed by atoms with van der Waals surface area (Å²) >= 11 is 13.9. The minimum atomic E-state index is -0.461. The predicted molar refractivity (Wildman–Crippen MR) is 86.8 cm³/mol. The van der Waals surface area contributed by atoms with Gasteiger partial charge in [0, 0.05) is 27.1 Å². The molecule has 1 atom stereocenters. The minimum absolute atomic E-state index is 0.00740. The van der Waals surface area contributed by atoms with Crippen LogP contribution in [0.3, 0.4) is 0 Å². The maximum absolute atomic E-state index is 12.4. The standard InChI is InChI=1S/C16H12Cl2O2S/c17-11-4-3-5-12(18)10(11)8-13(19)15-9-21-16-7-2-1-6-14(16)20-15/h1-7,15H,8-9H2. The highest BCUT2D eigenvalue weighted by atomic mass is 35.5. The van der Waals surface area contributed by atoms with Crippen LogP contribution in [-0.2, 0) is 11.2 Å². The van der Waals surface area contributed by atoms with Crippen molar-refractivity contribution >= 4 is 40.7 Å². The number of ether oxygens (including phenoxy) is 1. The third-order valence-corrected chi connectivity index (χ3v) is 5.11. The second kappa shape index (κ2) is 6.30. The highest BCUT2D eigenvalue weighted by molar-refractivity contribution is 7.99. The van der Waals surface area contributed by atoms with Crippen LogP contribution < -0.4 is 4.74 Å². The van der Waals surface area contributed by atoms with E-state index in [0.29, 0.717) is 21.4 Å². The second-order valence-electron chi connectivity index (χ2n) is 4.71. The molecular formula is C16H12Cl2O2S. The Morgan fingerprint density at radius 1 is 1.14 bits per heavy atom. The van der Waals surface area contributed by atoms with Crippen LogP contribution in [0.25, 0.3) is 0 Å². The van der Waals surface area contributed by atoms with Crippen molar-refractivity contribution in [2.75, 3.05) is 5.75 Å².